The first kappa shape index (κ1) is 16.7. The van der Waals surface area contributed by atoms with E-state index in [-0.39, 0.29) is 9.92 Å². The number of nitrogens with one attached hydrogen (secondary N) is 1. The van der Waals surface area contributed by atoms with Crippen LogP contribution in [-0.4, -0.2) is 39.4 Å². The van der Waals surface area contributed by atoms with Crippen LogP contribution < -0.4 is 5.32 Å². The third-order valence-electron chi connectivity index (χ3n) is 3.89. The first-order valence-electron chi connectivity index (χ1n) is 7.05. The molecule has 0 amide bonds. The van der Waals surface area contributed by atoms with Crippen LogP contribution in [0, 0.1) is 11.7 Å². The van der Waals surface area contributed by atoms with Crippen molar-refractivity contribution >= 4 is 21.6 Å². The van der Waals surface area contributed by atoms with Crippen molar-refractivity contribution in [2.24, 2.45) is 5.92 Å². The number of hydrogen-bond acceptors (Lipinski definition) is 3. The Morgan fingerprint density at radius 3 is 2.62 bits per heavy atom. The first-order valence-corrected chi connectivity index (χ1v) is 8.86. The summed E-state index contributed by atoms with van der Waals surface area (Å²) in [5.74, 6) is -0.265. The highest BCUT2D eigenvalue weighted by atomic mass is 35.5. The lowest BCUT2D eigenvalue weighted by atomic mass is 9.95. The number of benzene rings is 1. The standard InChI is InChI=1S/C14H20ClFN2O2S/c1-17-7-4-11-5-8-18(9-6-11)21(19,20)14-3-2-12(15)10-13(14)16/h2-3,10-11,17H,4-9H2,1H3. The van der Waals surface area contributed by atoms with Gasteiger partial charge in [-0.3, -0.25) is 0 Å². The molecule has 0 radical (unpaired) electrons. The van der Waals surface area contributed by atoms with Crippen LogP contribution in [-0.2, 0) is 10.0 Å². The monoisotopic (exact) mass is 334 g/mol. The summed E-state index contributed by atoms with van der Waals surface area (Å²) >= 11 is 5.67. The van der Waals surface area contributed by atoms with Gasteiger partial charge in [-0.25, -0.2) is 12.8 Å². The maximum atomic E-state index is 13.8. The maximum Gasteiger partial charge on any atom is 0.245 e. The van der Waals surface area contributed by atoms with E-state index < -0.39 is 15.8 Å². The van der Waals surface area contributed by atoms with Crippen molar-refractivity contribution in [2.45, 2.75) is 24.2 Å². The van der Waals surface area contributed by atoms with Crippen LogP contribution in [0.25, 0.3) is 0 Å². The van der Waals surface area contributed by atoms with Crippen LogP contribution >= 0.6 is 11.6 Å². The molecule has 0 aliphatic carbocycles. The molecule has 0 bridgehead atoms. The molecular weight excluding hydrogens is 315 g/mol. The van der Waals surface area contributed by atoms with E-state index in [9.17, 15) is 12.8 Å². The van der Waals surface area contributed by atoms with E-state index in [1.54, 1.807) is 0 Å². The molecule has 1 aromatic carbocycles. The number of rotatable bonds is 5. The summed E-state index contributed by atoms with van der Waals surface area (Å²) in [4.78, 5) is -0.291. The van der Waals surface area contributed by atoms with Crippen LogP contribution in [0.5, 0.6) is 0 Å². The molecule has 1 aliphatic rings. The average Bonchev–Trinajstić information content (AvgIpc) is 2.45. The Bertz CT molecular complexity index is 587. The zero-order valence-electron chi connectivity index (χ0n) is 12.0. The molecule has 7 heteroatoms. The molecule has 1 fully saturated rings. The summed E-state index contributed by atoms with van der Waals surface area (Å²) in [5.41, 5.74) is 0. The zero-order valence-corrected chi connectivity index (χ0v) is 13.6. The fraction of sp³-hybridized carbons (Fsp3) is 0.571. The van der Waals surface area contributed by atoms with Gasteiger partial charge >= 0.3 is 0 Å². The molecule has 21 heavy (non-hydrogen) atoms. The van der Waals surface area contributed by atoms with Gasteiger partial charge in [-0.2, -0.15) is 4.31 Å². The highest BCUT2D eigenvalue weighted by Crippen LogP contribution is 2.27. The molecule has 1 saturated heterocycles. The molecule has 0 unspecified atom stereocenters. The molecule has 0 atom stereocenters. The third kappa shape index (κ3) is 3.94. The summed E-state index contributed by atoms with van der Waals surface area (Å²) in [6, 6.07) is 3.67. The number of hydrogen-bond donors (Lipinski definition) is 1. The number of piperidine rings is 1. The maximum absolute atomic E-state index is 13.8. The van der Waals surface area contributed by atoms with Crippen LogP contribution in [0.4, 0.5) is 4.39 Å². The van der Waals surface area contributed by atoms with Crippen molar-refractivity contribution < 1.29 is 12.8 Å². The van der Waals surface area contributed by atoms with E-state index in [4.69, 9.17) is 11.6 Å². The van der Waals surface area contributed by atoms with Crippen molar-refractivity contribution in [1.82, 2.24) is 9.62 Å². The zero-order chi connectivity index (χ0) is 15.5. The number of sulfonamides is 1. The van der Waals surface area contributed by atoms with Gasteiger partial charge in [0.2, 0.25) is 10.0 Å². The van der Waals surface area contributed by atoms with Gasteiger partial charge in [-0.1, -0.05) is 11.6 Å². The Morgan fingerprint density at radius 1 is 1.38 bits per heavy atom. The average molecular weight is 335 g/mol. The predicted octanol–water partition coefficient (Wildman–Crippen LogP) is 2.49. The van der Waals surface area contributed by atoms with Crippen LogP contribution in [0.3, 0.4) is 0 Å². The predicted molar refractivity (Wildman–Crippen MR) is 81.4 cm³/mol. The molecular formula is C14H20ClFN2O2S. The van der Waals surface area contributed by atoms with Crippen molar-refractivity contribution in [3.05, 3.63) is 29.0 Å². The molecule has 1 heterocycles. The third-order valence-corrected chi connectivity index (χ3v) is 6.05. The molecule has 1 aliphatic heterocycles. The minimum Gasteiger partial charge on any atom is -0.320 e. The normalized spacial score (nSPS) is 18.0. The SMILES string of the molecule is CNCCC1CCN(S(=O)(=O)c2ccc(Cl)cc2F)CC1. The van der Waals surface area contributed by atoms with E-state index >= 15 is 0 Å². The van der Waals surface area contributed by atoms with E-state index in [0.717, 1.165) is 31.9 Å². The second-order valence-electron chi connectivity index (χ2n) is 5.31. The Kier molecular flexibility index (Phi) is 5.60. The first-order chi connectivity index (χ1) is 9.95. The quantitative estimate of drug-likeness (QED) is 0.900. The smallest absolute Gasteiger partial charge is 0.245 e. The van der Waals surface area contributed by atoms with Gasteiger partial charge in [0.15, 0.2) is 0 Å². The minimum atomic E-state index is -3.77. The topological polar surface area (TPSA) is 49.4 Å². The summed E-state index contributed by atoms with van der Waals surface area (Å²) < 4.78 is 40.2. The Morgan fingerprint density at radius 2 is 2.05 bits per heavy atom. The molecule has 0 saturated carbocycles. The van der Waals surface area contributed by atoms with Gasteiger partial charge in [0.1, 0.15) is 10.7 Å². The molecule has 118 valence electrons. The van der Waals surface area contributed by atoms with E-state index in [0.29, 0.717) is 19.0 Å². The van der Waals surface area contributed by atoms with E-state index in [1.807, 2.05) is 7.05 Å². The largest absolute Gasteiger partial charge is 0.320 e. The van der Waals surface area contributed by atoms with Gasteiger partial charge in [-0.15, -0.1) is 0 Å². The summed E-state index contributed by atoms with van der Waals surface area (Å²) in [6.45, 7) is 1.82. The van der Waals surface area contributed by atoms with Crippen molar-refractivity contribution in [2.75, 3.05) is 26.7 Å². The lowest BCUT2D eigenvalue weighted by molar-refractivity contribution is 0.262. The second-order valence-corrected chi connectivity index (χ2v) is 7.66. The Hall–Kier alpha value is -0.690. The minimum absolute atomic E-state index is 0.192. The van der Waals surface area contributed by atoms with Gasteiger partial charge in [-0.05, 0) is 57.0 Å². The lowest BCUT2D eigenvalue weighted by Gasteiger charge is -2.31. The van der Waals surface area contributed by atoms with Crippen molar-refractivity contribution in [3.8, 4) is 0 Å². The second kappa shape index (κ2) is 7.05. The highest BCUT2D eigenvalue weighted by molar-refractivity contribution is 7.89. The molecule has 1 N–H and O–H groups in total. The molecule has 4 nitrogen and oxygen atoms in total. The molecule has 0 spiro atoms. The number of nitrogens with zero attached hydrogens (tertiary/aromatic N) is 1. The van der Waals surface area contributed by atoms with Gasteiger partial charge < -0.3 is 5.32 Å². The van der Waals surface area contributed by atoms with Crippen molar-refractivity contribution in [3.63, 3.8) is 0 Å². The van der Waals surface area contributed by atoms with Gasteiger partial charge in [0.05, 0.1) is 0 Å². The van der Waals surface area contributed by atoms with Crippen molar-refractivity contribution in [1.29, 1.82) is 0 Å². The summed E-state index contributed by atoms with van der Waals surface area (Å²) in [7, 11) is -1.86. The van der Waals surface area contributed by atoms with Crippen LogP contribution in [0.15, 0.2) is 23.1 Å². The lowest BCUT2D eigenvalue weighted by Crippen LogP contribution is -2.39. The Balaban J connectivity index is 2.08. The highest BCUT2D eigenvalue weighted by Gasteiger charge is 2.31. The summed E-state index contributed by atoms with van der Waals surface area (Å²) in [6.07, 6.45) is 2.67. The summed E-state index contributed by atoms with van der Waals surface area (Å²) in [5, 5.41) is 3.29. The van der Waals surface area contributed by atoms with E-state index in [2.05, 4.69) is 5.32 Å². The Labute approximate surface area is 130 Å². The molecule has 2 rings (SSSR count). The van der Waals surface area contributed by atoms with Gasteiger partial charge in [0.25, 0.3) is 0 Å². The van der Waals surface area contributed by atoms with Gasteiger partial charge in [0, 0.05) is 18.1 Å². The number of halogens is 2. The van der Waals surface area contributed by atoms with Crippen LogP contribution in [0.1, 0.15) is 19.3 Å². The van der Waals surface area contributed by atoms with Crippen LogP contribution in [0.2, 0.25) is 5.02 Å². The van der Waals surface area contributed by atoms with E-state index in [1.165, 1.54) is 16.4 Å². The molecule has 1 aromatic rings. The fourth-order valence-corrected chi connectivity index (χ4v) is 4.28. The molecule has 0 aromatic heterocycles. The fourth-order valence-electron chi connectivity index (χ4n) is 2.61.